The summed E-state index contributed by atoms with van der Waals surface area (Å²) in [6, 6.07) is 1.63. The van der Waals surface area contributed by atoms with Gasteiger partial charge in [0.1, 0.15) is 5.75 Å². The Labute approximate surface area is 217 Å². The fourth-order valence-electron chi connectivity index (χ4n) is 6.16. The molecule has 0 bridgehead atoms. The molecule has 1 aromatic carbocycles. The minimum atomic E-state index is -2.70. The summed E-state index contributed by atoms with van der Waals surface area (Å²) in [6.45, 7) is 3.73. The van der Waals surface area contributed by atoms with Crippen LogP contribution in [0.5, 0.6) is 5.75 Å². The maximum absolute atomic E-state index is 13.9. The van der Waals surface area contributed by atoms with E-state index in [0.29, 0.717) is 17.1 Å². The number of primary amides is 1. The Bertz CT molecular complexity index is 1430. The zero-order chi connectivity index (χ0) is 27.8. The van der Waals surface area contributed by atoms with Gasteiger partial charge >= 0.3 is 0 Å². The molecule has 4 N–H and O–H groups in total. The van der Waals surface area contributed by atoms with Gasteiger partial charge in [-0.05, 0) is 30.4 Å². The molecule has 1 heterocycles. The standard InChI is InChI=1S/C26H28N4O8/c1-9(2)24-28-25(38-29-24)13-8-14(30(3)4)12-6-10-5-11-7-15(31)18(23(27)36)22(35)26(11,37)21(34)16(10)20(33)17(12)19(13)32/h8-11,16,18,32,37H,5-7H2,1-4H3,(H2,27,36)/t10-,11+,16?,18?,26+/m1/s1. The Morgan fingerprint density at radius 3 is 2.45 bits per heavy atom. The molecule has 0 aliphatic heterocycles. The van der Waals surface area contributed by atoms with E-state index in [9.17, 15) is 34.2 Å². The Kier molecular flexibility index (Phi) is 5.78. The first kappa shape index (κ1) is 25.7. The van der Waals surface area contributed by atoms with E-state index in [1.165, 1.54) is 0 Å². The SMILES string of the molecule is CC(C)c1noc(-c2cc(N(C)C)c3c(c2O)C(=O)C2C(=O)[C@]4(O)C(=O)C(C(N)=O)C(=O)C[C@@H]4C[C@@H]2C3)n1. The van der Waals surface area contributed by atoms with Gasteiger partial charge in [-0.2, -0.15) is 4.98 Å². The van der Waals surface area contributed by atoms with Gasteiger partial charge < -0.3 is 25.4 Å². The molecule has 2 saturated carbocycles. The van der Waals surface area contributed by atoms with Gasteiger partial charge in [-0.15, -0.1) is 0 Å². The lowest BCUT2D eigenvalue weighted by Crippen LogP contribution is -2.68. The van der Waals surface area contributed by atoms with E-state index in [1.54, 1.807) is 25.1 Å². The van der Waals surface area contributed by atoms with E-state index >= 15 is 0 Å². The molecule has 2 unspecified atom stereocenters. The number of anilines is 1. The number of amides is 1. The second kappa shape index (κ2) is 8.55. The van der Waals surface area contributed by atoms with Crippen molar-refractivity contribution in [2.45, 2.75) is 44.6 Å². The lowest BCUT2D eigenvalue weighted by molar-refractivity contribution is -0.175. The molecule has 1 amide bonds. The van der Waals surface area contributed by atoms with Gasteiger partial charge in [-0.1, -0.05) is 19.0 Å². The second-order valence-electron chi connectivity index (χ2n) is 10.9. The van der Waals surface area contributed by atoms with Crippen LogP contribution in [0.15, 0.2) is 10.6 Å². The number of ketones is 4. The highest BCUT2D eigenvalue weighted by atomic mass is 16.5. The van der Waals surface area contributed by atoms with Crippen LogP contribution in [-0.4, -0.2) is 69.1 Å². The number of phenols is 1. The number of hydrogen-bond donors (Lipinski definition) is 3. The Balaban J connectivity index is 1.64. The summed E-state index contributed by atoms with van der Waals surface area (Å²) in [5.74, 6) is -10.3. The van der Waals surface area contributed by atoms with Crippen LogP contribution in [-0.2, 0) is 25.6 Å². The molecule has 2 fully saturated rings. The third-order valence-electron chi connectivity index (χ3n) is 8.05. The summed E-state index contributed by atoms with van der Waals surface area (Å²) in [7, 11) is 3.52. The third kappa shape index (κ3) is 3.43. The number of hydrogen-bond acceptors (Lipinski definition) is 11. The van der Waals surface area contributed by atoms with E-state index in [-0.39, 0.29) is 42.2 Å². The number of aromatic nitrogens is 2. The first-order valence-electron chi connectivity index (χ1n) is 12.4. The van der Waals surface area contributed by atoms with Gasteiger partial charge in [-0.25, -0.2) is 0 Å². The van der Waals surface area contributed by atoms with Crippen LogP contribution in [0.25, 0.3) is 11.5 Å². The molecule has 2 aromatic rings. The molecule has 12 nitrogen and oxygen atoms in total. The molecule has 0 radical (unpaired) electrons. The normalized spacial score (nSPS) is 28.7. The second-order valence-corrected chi connectivity index (χ2v) is 10.9. The average molecular weight is 525 g/mol. The van der Waals surface area contributed by atoms with Crippen LogP contribution < -0.4 is 10.6 Å². The Morgan fingerprint density at radius 2 is 1.87 bits per heavy atom. The van der Waals surface area contributed by atoms with Gasteiger partial charge in [0.15, 0.2) is 40.5 Å². The number of Topliss-reactive ketones (excluding diaryl/α,β-unsaturated/α-hetero) is 4. The molecule has 12 heteroatoms. The highest BCUT2D eigenvalue weighted by Crippen LogP contribution is 2.52. The topological polar surface area (TPSA) is 194 Å². The van der Waals surface area contributed by atoms with Crippen molar-refractivity contribution < 1.29 is 38.7 Å². The third-order valence-corrected chi connectivity index (χ3v) is 8.05. The van der Waals surface area contributed by atoms with E-state index in [0.717, 1.165) is 0 Å². The number of nitrogens with zero attached hydrogens (tertiary/aromatic N) is 3. The molecule has 3 aliphatic rings. The predicted molar refractivity (Wildman–Crippen MR) is 130 cm³/mol. The number of aliphatic hydroxyl groups is 1. The molecular formula is C26H28N4O8. The minimum absolute atomic E-state index is 0.00837. The zero-order valence-electron chi connectivity index (χ0n) is 21.3. The number of aromatic hydroxyl groups is 1. The Morgan fingerprint density at radius 1 is 1.18 bits per heavy atom. The van der Waals surface area contributed by atoms with Crippen molar-refractivity contribution in [2.75, 3.05) is 19.0 Å². The number of benzene rings is 1. The number of carbonyl (C=O) groups is 5. The number of fused-ring (bicyclic) bond motifs is 3. The molecule has 38 heavy (non-hydrogen) atoms. The van der Waals surface area contributed by atoms with Crippen LogP contribution in [0.2, 0.25) is 0 Å². The molecular weight excluding hydrogens is 496 g/mol. The summed E-state index contributed by atoms with van der Waals surface area (Å²) in [4.78, 5) is 71.1. The summed E-state index contributed by atoms with van der Waals surface area (Å²) in [6.07, 6.45) is -0.183. The van der Waals surface area contributed by atoms with Crippen molar-refractivity contribution in [3.63, 3.8) is 0 Å². The van der Waals surface area contributed by atoms with Crippen molar-refractivity contribution in [1.29, 1.82) is 0 Å². The van der Waals surface area contributed by atoms with E-state index in [4.69, 9.17) is 10.3 Å². The number of nitrogens with two attached hydrogens (primary N) is 1. The van der Waals surface area contributed by atoms with Crippen molar-refractivity contribution >= 4 is 34.7 Å². The highest BCUT2D eigenvalue weighted by molar-refractivity contribution is 6.31. The lowest BCUT2D eigenvalue weighted by atomic mass is 9.53. The Hall–Kier alpha value is -3.93. The average Bonchev–Trinajstić information content (AvgIpc) is 3.31. The van der Waals surface area contributed by atoms with Crippen molar-refractivity contribution in [3.05, 3.63) is 23.0 Å². The molecule has 5 rings (SSSR count). The van der Waals surface area contributed by atoms with Gasteiger partial charge in [-0.3, -0.25) is 24.0 Å². The fourth-order valence-corrected chi connectivity index (χ4v) is 6.16. The van der Waals surface area contributed by atoms with Crippen LogP contribution in [0.3, 0.4) is 0 Å². The van der Waals surface area contributed by atoms with Gasteiger partial charge in [0, 0.05) is 38.0 Å². The number of phenolic OH excluding ortho intramolecular Hbond substituents is 1. The van der Waals surface area contributed by atoms with Crippen LogP contribution >= 0.6 is 0 Å². The predicted octanol–water partition coefficient (Wildman–Crippen LogP) is 0.566. The molecule has 1 aromatic heterocycles. The quantitative estimate of drug-likeness (QED) is 0.473. The van der Waals surface area contributed by atoms with Gasteiger partial charge in [0.05, 0.1) is 17.0 Å². The maximum Gasteiger partial charge on any atom is 0.261 e. The van der Waals surface area contributed by atoms with Crippen molar-refractivity contribution in [2.24, 2.45) is 29.4 Å². The van der Waals surface area contributed by atoms with E-state index in [1.807, 2.05) is 13.8 Å². The lowest BCUT2D eigenvalue weighted by Gasteiger charge is -2.48. The number of rotatable bonds is 4. The van der Waals surface area contributed by atoms with E-state index in [2.05, 4.69) is 10.1 Å². The molecule has 200 valence electrons. The minimum Gasteiger partial charge on any atom is -0.506 e. The fraction of sp³-hybridized carbons (Fsp3) is 0.500. The smallest absolute Gasteiger partial charge is 0.261 e. The van der Waals surface area contributed by atoms with Crippen molar-refractivity contribution in [1.82, 2.24) is 10.1 Å². The molecule has 0 saturated heterocycles. The van der Waals surface area contributed by atoms with Crippen molar-refractivity contribution in [3.8, 4) is 17.2 Å². The maximum atomic E-state index is 13.9. The van der Waals surface area contributed by atoms with Crippen LogP contribution in [0, 0.1) is 23.7 Å². The van der Waals surface area contributed by atoms with Gasteiger partial charge in [0.2, 0.25) is 5.91 Å². The molecule has 3 aliphatic carbocycles. The first-order chi connectivity index (χ1) is 17.8. The van der Waals surface area contributed by atoms with E-state index < -0.39 is 64.1 Å². The summed E-state index contributed by atoms with van der Waals surface area (Å²) in [5.41, 5.74) is 3.58. The summed E-state index contributed by atoms with van der Waals surface area (Å²) >= 11 is 0. The number of carbonyl (C=O) groups excluding carboxylic acids is 5. The summed E-state index contributed by atoms with van der Waals surface area (Å²) in [5, 5.41) is 26.5. The zero-order valence-corrected chi connectivity index (χ0v) is 21.3. The van der Waals surface area contributed by atoms with Crippen LogP contribution in [0.1, 0.15) is 54.4 Å². The first-order valence-corrected chi connectivity index (χ1v) is 12.4. The highest BCUT2D eigenvalue weighted by Gasteiger charge is 2.66. The molecule has 5 atom stereocenters. The monoisotopic (exact) mass is 524 g/mol. The largest absolute Gasteiger partial charge is 0.506 e. The summed E-state index contributed by atoms with van der Waals surface area (Å²) < 4.78 is 5.35. The van der Waals surface area contributed by atoms with Crippen LogP contribution in [0.4, 0.5) is 5.69 Å². The molecule has 0 spiro atoms. The van der Waals surface area contributed by atoms with Gasteiger partial charge in [0.25, 0.3) is 5.89 Å².